The highest BCUT2D eigenvalue weighted by Gasteiger charge is 2.30. The van der Waals surface area contributed by atoms with E-state index in [2.05, 4.69) is 15.0 Å². The van der Waals surface area contributed by atoms with Crippen LogP contribution in [0.4, 0.5) is 18.9 Å². The van der Waals surface area contributed by atoms with E-state index >= 15 is 0 Å². The van der Waals surface area contributed by atoms with E-state index in [1.54, 1.807) is 18.2 Å². The van der Waals surface area contributed by atoms with Crippen LogP contribution in [0.5, 0.6) is 23.0 Å². The normalized spacial score (nSPS) is 11.3. The number of halogens is 4. The maximum absolute atomic E-state index is 12.1. The first-order chi connectivity index (χ1) is 13.3. The van der Waals surface area contributed by atoms with Gasteiger partial charge in [-0.1, -0.05) is 0 Å². The predicted molar refractivity (Wildman–Crippen MR) is 114 cm³/mol. The summed E-state index contributed by atoms with van der Waals surface area (Å²) in [4.78, 5) is 4.09. The molecule has 2 aromatic carbocycles. The molecule has 2 rings (SSSR count). The third kappa shape index (κ3) is 8.98. The highest BCUT2D eigenvalue weighted by Crippen LogP contribution is 2.27. The van der Waals surface area contributed by atoms with Crippen LogP contribution in [-0.4, -0.2) is 39.7 Å². The Hall–Kier alpha value is -2.57. The minimum absolute atomic E-state index is 0. The minimum Gasteiger partial charge on any atom is -0.496 e. The second kappa shape index (κ2) is 11.4. The number of anilines is 1. The largest absolute Gasteiger partial charge is 0.573 e. The first kappa shape index (κ1) is 24.5. The van der Waals surface area contributed by atoms with Gasteiger partial charge in [0.05, 0.1) is 20.8 Å². The Morgan fingerprint density at radius 1 is 0.966 bits per heavy atom. The van der Waals surface area contributed by atoms with Crippen LogP contribution < -0.4 is 30.0 Å². The molecular formula is C18H21F3IN3O4. The van der Waals surface area contributed by atoms with Gasteiger partial charge in [-0.3, -0.25) is 0 Å². The first-order valence-corrected chi connectivity index (χ1v) is 8.07. The molecule has 29 heavy (non-hydrogen) atoms. The summed E-state index contributed by atoms with van der Waals surface area (Å²) in [6.45, 7) is 0.505. The lowest BCUT2D eigenvalue weighted by molar-refractivity contribution is -0.274. The van der Waals surface area contributed by atoms with E-state index in [-0.39, 0.29) is 48.8 Å². The number of hydrogen-bond acceptors (Lipinski definition) is 5. The van der Waals surface area contributed by atoms with Crippen LogP contribution in [0.3, 0.4) is 0 Å². The topological polar surface area (TPSA) is 87.3 Å². The number of nitrogens with one attached hydrogen (secondary N) is 1. The average molecular weight is 527 g/mol. The number of methoxy groups -OCH3 is 2. The molecule has 0 atom stereocenters. The Morgan fingerprint density at radius 2 is 1.52 bits per heavy atom. The molecular weight excluding hydrogens is 506 g/mol. The number of ether oxygens (including phenoxy) is 4. The van der Waals surface area contributed by atoms with E-state index in [1.165, 1.54) is 38.5 Å². The third-order valence-electron chi connectivity index (χ3n) is 3.33. The van der Waals surface area contributed by atoms with Crippen molar-refractivity contribution in [2.45, 2.75) is 6.36 Å². The summed E-state index contributed by atoms with van der Waals surface area (Å²) in [5.74, 6) is 1.51. The predicted octanol–water partition coefficient (Wildman–Crippen LogP) is 4.03. The van der Waals surface area contributed by atoms with Crippen LogP contribution in [0.2, 0.25) is 0 Å². The number of aliphatic imine (C=N–C) groups is 1. The molecule has 0 aromatic heterocycles. The number of alkyl halides is 3. The van der Waals surface area contributed by atoms with E-state index in [0.717, 1.165) is 0 Å². The van der Waals surface area contributed by atoms with Crippen molar-refractivity contribution >= 4 is 35.6 Å². The molecule has 0 amide bonds. The van der Waals surface area contributed by atoms with E-state index in [1.807, 2.05) is 0 Å². The lowest BCUT2D eigenvalue weighted by Gasteiger charge is -2.11. The Balaban J connectivity index is 0.00000420. The molecule has 0 saturated heterocycles. The standard InChI is InChI=1S/C18H20F3N3O4.HI/c1-25-14-9-15(26-2)11-16(10-14)27-8-7-23-17(22)24-12-3-5-13(6-4-12)28-18(19,20)21;/h3-6,9-11H,7-8H2,1-2H3,(H3,22,23,24);1H. The summed E-state index contributed by atoms with van der Waals surface area (Å²) in [5.41, 5.74) is 6.22. The zero-order chi connectivity index (χ0) is 20.6. The van der Waals surface area contributed by atoms with Crippen LogP contribution in [-0.2, 0) is 0 Å². The van der Waals surface area contributed by atoms with Crippen molar-refractivity contribution in [1.82, 2.24) is 0 Å². The van der Waals surface area contributed by atoms with Crippen LogP contribution in [0.1, 0.15) is 0 Å². The van der Waals surface area contributed by atoms with E-state index in [0.29, 0.717) is 22.9 Å². The lowest BCUT2D eigenvalue weighted by Crippen LogP contribution is -2.23. The van der Waals surface area contributed by atoms with Crippen LogP contribution >= 0.6 is 24.0 Å². The second-order valence-corrected chi connectivity index (χ2v) is 5.36. The molecule has 0 aliphatic heterocycles. The maximum Gasteiger partial charge on any atom is 0.573 e. The van der Waals surface area contributed by atoms with Gasteiger partial charge in [-0.15, -0.1) is 37.1 Å². The summed E-state index contributed by atoms with van der Waals surface area (Å²) in [6, 6.07) is 10.3. The van der Waals surface area contributed by atoms with Gasteiger partial charge in [-0.05, 0) is 24.3 Å². The molecule has 0 bridgehead atoms. The quantitative estimate of drug-likeness (QED) is 0.234. The van der Waals surface area contributed by atoms with Crippen LogP contribution in [0, 0.1) is 0 Å². The van der Waals surface area contributed by atoms with Gasteiger partial charge < -0.3 is 30.0 Å². The number of hydrogen-bond donors (Lipinski definition) is 2. The smallest absolute Gasteiger partial charge is 0.496 e. The molecule has 160 valence electrons. The number of benzene rings is 2. The monoisotopic (exact) mass is 527 g/mol. The van der Waals surface area contributed by atoms with Crippen molar-refractivity contribution in [1.29, 1.82) is 0 Å². The fourth-order valence-corrected chi connectivity index (χ4v) is 2.12. The summed E-state index contributed by atoms with van der Waals surface area (Å²) in [7, 11) is 3.08. The van der Waals surface area contributed by atoms with Gasteiger partial charge >= 0.3 is 6.36 Å². The molecule has 0 aliphatic carbocycles. The highest BCUT2D eigenvalue weighted by molar-refractivity contribution is 14.0. The van der Waals surface area contributed by atoms with Gasteiger partial charge in [0.15, 0.2) is 5.96 Å². The molecule has 0 unspecified atom stereocenters. The van der Waals surface area contributed by atoms with Gasteiger partial charge in [0, 0.05) is 23.9 Å². The Bertz CT molecular complexity index is 780. The molecule has 0 heterocycles. The molecule has 3 N–H and O–H groups in total. The first-order valence-electron chi connectivity index (χ1n) is 8.07. The van der Waals surface area contributed by atoms with Crippen molar-refractivity contribution in [2.75, 3.05) is 32.7 Å². The second-order valence-electron chi connectivity index (χ2n) is 5.36. The fourth-order valence-electron chi connectivity index (χ4n) is 2.12. The van der Waals surface area contributed by atoms with E-state index in [9.17, 15) is 13.2 Å². The van der Waals surface area contributed by atoms with E-state index < -0.39 is 6.36 Å². The van der Waals surface area contributed by atoms with Crippen molar-refractivity contribution in [2.24, 2.45) is 10.7 Å². The van der Waals surface area contributed by atoms with E-state index in [4.69, 9.17) is 19.9 Å². The van der Waals surface area contributed by atoms with Crippen molar-refractivity contribution in [3.63, 3.8) is 0 Å². The average Bonchev–Trinajstić information content (AvgIpc) is 2.65. The highest BCUT2D eigenvalue weighted by atomic mass is 127. The van der Waals surface area contributed by atoms with Crippen LogP contribution in [0.25, 0.3) is 0 Å². The summed E-state index contributed by atoms with van der Waals surface area (Å²) >= 11 is 0. The van der Waals surface area contributed by atoms with Gasteiger partial charge in [0.2, 0.25) is 0 Å². The van der Waals surface area contributed by atoms with Gasteiger partial charge in [-0.2, -0.15) is 0 Å². The molecule has 0 saturated carbocycles. The Kier molecular flexibility index (Phi) is 9.65. The SMILES string of the molecule is COc1cc(OC)cc(OCCN=C(N)Nc2ccc(OC(F)(F)F)cc2)c1.I. The zero-order valence-corrected chi connectivity index (χ0v) is 18.0. The maximum atomic E-state index is 12.1. The molecule has 2 aromatic rings. The molecule has 0 spiro atoms. The Morgan fingerprint density at radius 3 is 2.03 bits per heavy atom. The van der Waals surface area contributed by atoms with Crippen LogP contribution in [0.15, 0.2) is 47.5 Å². The van der Waals surface area contributed by atoms with Crippen molar-refractivity contribution < 1.29 is 32.1 Å². The lowest BCUT2D eigenvalue weighted by atomic mass is 10.3. The van der Waals surface area contributed by atoms with Gasteiger partial charge in [0.25, 0.3) is 0 Å². The van der Waals surface area contributed by atoms with Gasteiger partial charge in [-0.25, -0.2) is 4.99 Å². The number of nitrogens with zero attached hydrogens (tertiary/aromatic N) is 1. The zero-order valence-electron chi connectivity index (χ0n) is 15.7. The molecule has 7 nitrogen and oxygen atoms in total. The van der Waals surface area contributed by atoms with Gasteiger partial charge in [0.1, 0.15) is 29.6 Å². The molecule has 0 radical (unpaired) electrons. The summed E-state index contributed by atoms with van der Waals surface area (Å²) < 4.78 is 56.1. The van der Waals surface area contributed by atoms with Crippen molar-refractivity contribution in [3.05, 3.63) is 42.5 Å². The summed E-state index contributed by atoms with van der Waals surface area (Å²) in [6.07, 6.45) is -4.73. The molecule has 0 fully saturated rings. The molecule has 0 aliphatic rings. The number of nitrogens with two attached hydrogens (primary N) is 1. The van der Waals surface area contributed by atoms with Crippen molar-refractivity contribution in [3.8, 4) is 23.0 Å². The summed E-state index contributed by atoms with van der Waals surface area (Å²) in [5, 5.41) is 2.76. The number of guanidine groups is 1. The third-order valence-corrected chi connectivity index (χ3v) is 3.33. The molecule has 11 heteroatoms. The number of rotatable bonds is 8. The fraction of sp³-hybridized carbons (Fsp3) is 0.278. The Labute approximate surface area is 183 Å². The minimum atomic E-state index is -4.73.